The van der Waals surface area contributed by atoms with Gasteiger partial charge in [-0.25, -0.2) is 12.8 Å². The fourth-order valence-corrected chi connectivity index (χ4v) is 3.59. The maximum atomic E-state index is 14.0. The third-order valence-corrected chi connectivity index (χ3v) is 4.87. The van der Waals surface area contributed by atoms with Gasteiger partial charge in [-0.3, -0.25) is 0 Å². The molecule has 1 aliphatic rings. The zero-order valence-electron chi connectivity index (χ0n) is 12.9. The van der Waals surface area contributed by atoms with E-state index in [0.29, 0.717) is 17.7 Å². The van der Waals surface area contributed by atoms with Gasteiger partial charge in [-0.15, -0.1) is 0 Å². The molecule has 0 fully saturated rings. The molecule has 1 heterocycles. The molecule has 0 spiro atoms. The highest BCUT2D eigenvalue weighted by molar-refractivity contribution is 7.88. The van der Waals surface area contributed by atoms with Crippen LogP contribution in [0.2, 0.25) is 0 Å². The number of halogens is 1. The average Bonchev–Trinajstić information content (AvgIpc) is 2.93. The second kappa shape index (κ2) is 5.77. The van der Waals surface area contributed by atoms with Crippen LogP contribution in [0.25, 0.3) is 0 Å². The van der Waals surface area contributed by atoms with Crippen LogP contribution in [0.15, 0.2) is 53.6 Å². The summed E-state index contributed by atoms with van der Waals surface area (Å²) in [5.41, 5.74) is 2.72. The molecule has 0 saturated heterocycles. The Labute approximate surface area is 135 Å². The fourth-order valence-electron chi connectivity index (χ4n) is 2.69. The lowest BCUT2D eigenvalue weighted by Crippen LogP contribution is -2.25. The second-order valence-electron chi connectivity index (χ2n) is 5.69. The molecule has 4 nitrogen and oxygen atoms in total. The minimum atomic E-state index is -3.54. The van der Waals surface area contributed by atoms with Crippen LogP contribution >= 0.6 is 0 Å². The smallest absolute Gasteiger partial charge is 0.206 e. The van der Waals surface area contributed by atoms with Crippen molar-refractivity contribution in [2.45, 2.75) is 19.4 Å². The largest absolute Gasteiger partial charge is 0.247 e. The van der Waals surface area contributed by atoms with Crippen molar-refractivity contribution in [3.05, 3.63) is 71.0 Å². The number of rotatable bonds is 3. The van der Waals surface area contributed by atoms with Gasteiger partial charge in [0, 0.05) is 12.0 Å². The van der Waals surface area contributed by atoms with E-state index in [2.05, 4.69) is 5.10 Å². The summed E-state index contributed by atoms with van der Waals surface area (Å²) in [4.78, 5) is 0. The lowest BCUT2D eigenvalue weighted by atomic mass is 9.98. The first kappa shape index (κ1) is 15.7. The van der Waals surface area contributed by atoms with Gasteiger partial charge in [0.15, 0.2) is 0 Å². The normalized spacial score (nSPS) is 18.1. The summed E-state index contributed by atoms with van der Waals surface area (Å²) >= 11 is 0. The van der Waals surface area contributed by atoms with Crippen molar-refractivity contribution in [3.63, 3.8) is 0 Å². The van der Waals surface area contributed by atoms with Crippen molar-refractivity contribution in [3.8, 4) is 0 Å². The third-order valence-electron chi connectivity index (χ3n) is 3.86. The predicted molar refractivity (Wildman–Crippen MR) is 88.2 cm³/mol. The summed E-state index contributed by atoms with van der Waals surface area (Å²) in [5.74, 6) is -0.399. The maximum Gasteiger partial charge on any atom is 0.247 e. The highest BCUT2D eigenvalue weighted by Crippen LogP contribution is 2.35. The van der Waals surface area contributed by atoms with Crippen LogP contribution in [-0.2, 0) is 10.0 Å². The first-order chi connectivity index (χ1) is 10.9. The van der Waals surface area contributed by atoms with E-state index in [9.17, 15) is 12.8 Å². The van der Waals surface area contributed by atoms with Gasteiger partial charge in [0.05, 0.1) is 18.0 Å². The van der Waals surface area contributed by atoms with Crippen LogP contribution in [0.1, 0.15) is 29.2 Å². The molecule has 3 rings (SSSR count). The fraction of sp³-hybridized carbons (Fsp3) is 0.235. The molecule has 120 valence electrons. The molecule has 6 heteroatoms. The van der Waals surface area contributed by atoms with Crippen molar-refractivity contribution in [2.75, 3.05) is 6.26 Å². The van der Waals surface area contributed by atoms with Crippen LogP contribution in [0.4, 0.5) is 4.39 Å². The molecule has 0 N–H and O–H groups in total. The second-order valence-corrected chi connectivity index (χ2v) is 7.53. The van der Waals surface area contributed by atoms with Gasteiger partial charge < -0.3 is 0 Å². The summed E-state index contributed by atoms with van der Waals surface area (Å²) < 4.78 is 39.2. The lowest BCUT2D eigenvalue weighted by Gasteiger charge is -2.21. The molecular weight excluding hydrogens is 315 g/mol. The molecule has 23 heavy (non-hydrogen) atoms. The van der Waals surface area contributed by atoms with E-state index in [0.717, 1.165) is 21.8 Å². The first-order valence-corrected chi connectivity index (χ1v) is 9.09. The van der Waals surface area contributed by atoms with Crippen molar-refractivity contribution >= 4 is 15.7 Å². The minimum Gasteiger partial charge on any atom is -0.206 e. The molecular formula is C17H17FN2O2S. The van der Waals surface area contributed by atoms with Gasteiger partial charge >= 0.3 is 0 Å². The summed E-state index contributed by atoms with van der Waals surface area (Å²) in [7, 11) is -3.54. The predicted octanol–water partition coefficient (Wildman–Crippen LogP) is 3.24. The van der Waals surface area contributed by atoms with Gasteiger partial charge in [0.25, 0.3) is 0 Å². The average molecular weight is 332 g/mol. The van der Waals surface area contributed by atoms with E-state index < -0.39 is 21.9 Å². The highest BCUT2D eigenvalue weighted by atomic mass is 32.2. The zero-order chi connectivity index (χ0) is 16.6. The summed E-state index contributed by atoms with van der Waals surface area (Å²) in [6, 6.07) is 13.5. The van der Waals surface area contributed by atoms with Crippen LogP contribution in [0, 0.1) is 12.7 Å². The first-order valence-electron chi connectivity index (χ1n) is 7.24. The number of hydrogen-bond acceptors (Lipinski definition) is 3. The van der Waals surface area contributed by atoms with Crippen molar-refractivity contribution in [1.82, 2.24) is 4.41 Å². The zero-order valence-corrected chi connectivity index (χ0v) is 13.7. The molecule has 0 unspecified atom stereocenters. The Morgan fingerprint density at radius 2 is 1.78 bits per heavy atom. The van der Waals surface area contributed by atoms with Gasteiger partial charge in [0.2, 0.25) is 10.0 Å². The molecule has 0 amide bonds. The molecule has 1 atom stereocenters. The molecule has 0 saturated carbocycles. The van der Waals surface area contributed by atoms with Gasteiger partial charge in [0.1, 0.15) is 5.82 Å². The Morgan fingerprint density at radius 1 is 1.13 bits per heavy atom. The Bertz CT molecular complexity index is 860. The number of hydrazone groups is 1. The molecule has 0 aliphatic carbocycles. The molecule has 0 bridgehead atoms. The van der Waals surface area contributed by atoms with Crippen LogP contribution in [0.5, 0.6) is 0 Å². The van der Waals surface area contributed by atoms with Crippen molar-refractivity contribution in [2.24, 2.45) is 5.10 Å². The molecule has 2 aromatic carbocycles. The highest BCUT2D eigenvalue weighted by Gasteiger charge is 2.35. The number of nitrogens with zero attached hydrogens (tertiary/aromatic N) is 2. The summed E-state index contributed by atoms with van der Waals surface area (Å²) in [5, 5.41) is 4.19. The van der Waals surface area contributed by atoms with Crippen LogP contribution in [-0.4, -0.2) is 24.8 Å². The Balaban J connectivity index is 2.03. The molecule has 0 aromatic heterocycles. The van der Waals surface area contributed by atoms with Crippen LogP contribution in [0.3, 0.4) is 0 Å². The monoisotopic (exact) mass is 332 g/mol. The topological polar surface area (TPSA) is 49.7 Å². The quantitative estimate of drug-likeness (QED) is 0.866. The van der Waals surface area contributed by atoms with E-state index in [1.165, 1.54) is 6.07 Å². The van der Waals surface area contributed by atoms with Gasteiger partial charge in [-0.1, -0.05) is 48.0 Å². The van der Waals surface area contributed by atoms with Crippen LogP contribution < -0.4 is 0 Å². The minimum absolute atomic E-state index is 0.343. The Hall–Kier alpha value is -2.21. The number of aryl methyl sites for hydroxylation is 1. The SMILES string of the molecule is Cc1ccc([C@H]2CC(c3ccccc3F)=NN2S(C)(=O)=O)cc1. The number of sulfonamides is 1. The summed E-state index contributed by atoms with van der Waals surface area (Å²) in [6.45, 7) is 1.97. The molecule has 0 radical (unpaired) electrons. The third kappa shape index (κ3) is 3.12. The van der Waals surface area contributed by atoms with E-state index in [1.807, 2.05) is 31.2 Å². The number of hydrogen-bond donors (Lipinski definition) is 0. The van der Waals surface area contributed by atoms with E-state index in [4.69, 9.17) is 0 Å². The van der Waals surface area contributed by atoms with Gasteiger partial charge in [-0.05, 0) is 18.6 Å². The van der Waals surface area contributed by atoms with E-state index >= 15 is 0 Å². The lowest BCUT2D eigenvalue weighted by molar-refractivity contribution is 0.375. The Kier molecular flexibility index (Phi) is 3.93. The van der Waals surface area contributed by atoms with E-state index in [1.54, 1.807) is 18.2 Å². The van der Waals surface area contributed by atoms with E-state index in [-0.39, 0.29) is 0 Å². The standard InChI is InChI=1S/C17H17FN2O2S/c1-12-7-9-13(10-8-12)17-11-16(19-20(17)23(2,21)22)14-5-3-4-6-15(14)18/h3-10,17H,11H2,1-2H3/t17-/m1/s1. The van der Waals surface area contributed by atoms with Gasteiger partial charge in [-0.2, -0.15) is 9.52 Å². The van der Waals surface area contributed by atoms with Crippen molar-refractivity contribution < 1.29 is 12.8 Å². The molecule has 1 aliphatic heterocycles. The molecule has 2 aromatic rings. The Morgan fingerprint density at radius 3 is 2.39 bits per heavy atom. The summed E-state index contributed by atoms with van der Waals surface area (Å²) in [6.07, 6.45) is 1.46. The maximum absolute atomic E-state index is 14.0. The number of benzene rings is 2. The van der Waals surface area contributed by atoms with Crippen molar-refractivity contribution in [1.29, 1.82) is 0 Å².